The number of benzene rings is 1. The van der Waals surface area contributed by atoms with Crippen LogP contribution < -0.4 is 10.9 Å². The Morgan fingerprint density at radius 1 is 1.26 bits per heavy atom. The van der Waals surface area contributed by atoms with Crippen LogP contribution in [0, 0.1) is 6.92 Å². The average Bonchev–Trinajstić information content (AvgIpc) is 2.34. The lowest BCUT2D eigenvalue weighted by Crippen LogP contribution is -2.45. The summed E-state index contributed by atoms with van der Waals surface area (Å²) in [6.07, 6.45) is 0. The number of hydrogen-bond donors (Lipinski definition) is 1. The van der Waals surface area contributed by atoms with E-state index in [4.69, 9.17) is 4.42 Å². The van der Waals surface area contributed by atoms with Gasteiger partial charge in [-0.1, -0.05) is 12.1 Å². The zero-order valence-corrected chi connectivity index (χ0v) is 14.4. The molecular weight excluding hydrogens is 292 g/mol. The monoisotopic (exact) mass is 316 g/mol. The summed E-state index contributed by atoms with van der Waals surface area (Å²) in [5, 5.41) is 3.83. The topological polar surface area (TPSA) is 62.6 Å². The van der Waals surface area contributed by atoms with E-state index in [1.165, 1.54) is 6.07 Å². The van der Waals surface area contributed by atoms with Crippen LogP contribution in [0.15, 0.2) is 33.5 Å². The van der Waals surface area contributed by atoms with Crippen molar-refractivity contribution in [1.29, 1.82) is 0 Å². The van der Waals surface area contributed by atoms with E-state index in [1.54, 1.807) is 0 Å². The van der Waals surface area contributed by atoms with Gasteiger partial charge >= 0.3 is 5.63 Å². The number of rotatable bonds is 4. The van der Waals surface area contributed by atoms with E-state index in [9.17, 15) is 9.59 Å². The minimum absolute atomic E-state index is 0.0388. The number of nitrogens with one attached hydrogen (secondary N) is 1. The zero-order chi connectivity index (χ0) is 17.2. The Balaban J connectivity index is 2.18. The maximum Gasteiger partial charge on any atom is 0.336 e. The summed E-state index contributed by atoms with van der Waals surface area (Å²) in [6.45, 7) is 8.57. The van der Waals surface area contributed by atoms with Crippen LogP contribution in [0.4, 0.5) is 0 Å². The Hall–Kier alpha value is -2.14. The van der Waals surface area contributed by atoms with Crippen LogP contribution >= 0.6 is 0 Å². The fourth-order valence-electron chi connectivity index (χ4n) is 2.52. The van der Waals surface area contributed by atoms with E-state index >= 15 is 0 Å². The standard InChI is InChI=1S/C18H24N2O3/c1-12-6-7-14-13(9-17(22)23-15(14)8-12)10-20(5)11-16(21)19-18(2,3)4/h6-9H,10-11H2,1-5H3,(H,19,21). The summed E-state index contributed by atoms with van der Waals surface area (Å²) in [5.74, 6) is -0.0388. The van der Waals surface area contributed by atoms with Crippen LogP contribution in [-0.2, 0) is 11.3 Å². The summed E-state index contributed by atoms with van der Waals surface area (Å²) in [7, 11) is 1.86. The number of fused-ring (bicyclic) bond motifs is 1. The number of aryl methyl sites for hydroxylation is 1. The lowest BCUT2D eigenvalue weighted by atomic mass is 10.1. The first-order valence-electron chi connectivity index (χ1n) is 7.67. The van der Waals surface area contributed by atoms with Crippen molar-refractivity contribution in [2.24, 2.45) is 0 Å². The zero-order valence-electron chi connectivity index (χ0n) is 14.4. The number of hydrogen-bond acceptors (Lipinski definition) is 4. The smallest absolute Gasteiger partial charge is 0.336 e. The van der Waals surface area contributed by atoms with Gasteiger partial charge in [0.25, 0.3) is 0 Å². The van der Waals surface area contributed by atoms with Gasteiger partial charge in [0.1, 0.15) is 5.58 Å². The number of carbonyl (C=O) groups excluding carboxylic acids is 1. The molecule has 0 radical (unpaired) electrons. The Kier molecular flexibility index (Phi) is 4.90. The van der Waals surface area contributed by atoms with Gasteiger partial charge in [-0.2, -0.15) is 0 Å². The molecule has 0 bridgehead atoms. The van der Waals surface area contributed by atoms with Crippen molar-refractivity contribution in [3.05, 3.63) is 45.8 Å². The third-order valence-electron chi connectivity index (χ3n) is 3.35. The molecule has 0 saturated heterocycles. The van der Waals surface area contributed by atoms with Gasteiger partial charge in [0.2, 0.25) is 5.91 Å². The second kappa shape index (κ2) is 6.54. The van der Waals surface area contributed by atoms with Crippen LogP contribution in [0.25, 0.3) is 11.0 Å². The first-order valence-corrected chi connectivity index (χ1v) is 7.67. The first-order chi connectivity index (χ1) is 10.6. The fourth-order valence-corrected chi connectivity index (χ4v) is 2.52. The van der Waals surface area contributed by atoms with Crippen molar-refractivity contribution in [3.63, 3.8) is 0 Å². The summed E-state index contributed by atoms with van der Waals surface area (Å²) >= 11 is 0. The molecule has 0 unspecified atom stereocenters. The summed E-state index contributed by atoms with van der Waals surface area (Å²) in [4.78, 5) is 25.6. The van der Waals surface area contributed by atoms with E-state index in [2.05, 4.69) is 5.32 Å². The molecule has 0 aliphatic carbocycles. The van der Waals surface area contributed by atoms with Gasteiger partial charge in [0, 0.05) is 23.5 Å². The van der Waals surface area contributed by atoms with Crippen LogP contribution in [0.5, 0.6) is 0 Å². The summed E-state index contributed by atoms with van der Waals surface area (Å²) in [5.41, 5.74) is 1.86. The molecule has 0 atom stereocenters. The van der Waals surface area contributed by atoms with E-state index < -0.39 is 0 Å². The molecule has 0 aliphatic heterocycles. The number of carbonyl (C=O) groups is 1. The van der Waals surface area contributed by atoms with Crippen molar-refractivity contribution >= 4 is 16.9 Å². The molecule has 124 valence electrons. The second-order valence-electron chi connectivity index (χ2n) is 7.06. The molecule has 0 spiro atoms. The Bertz CT molecular complexity index is 772. The van der Waals surface area contributed by atoms with E-state index in [-0.39, 0.29) is 23.6 Å². The molecular formula is C18H24N2O3. The van der Waals surface area contributed by atoms with Crippen molar-refractivity contribution in [2.45, 2.75) is 39.8 Å². The molecule has 23 heavy (non-hydrogen) atoms. The van der Waals surface area contributed by atoms with Gasteiger partial charge in [0.05, 0.1) is 6.54 Å². The number of nitrogens with zero attached hydrogens (tertiary/aromatic N) is 1. The molecule has 1 N–H and O–H groups in total. The van der Waals surface area contributed by atoms with Gasteiger partial charge in [-0.15, -0.1) is 0 Å². The fraction of sp³-hybridized carbons (Fsp3) is 0.444. The average molecular weight is 316 g/mol. The molecule has 2 aromatic rings. The number of likely N-dealkylation sites (N-methyl/N-ethyl adjacent to an activating group) is 1. The molecule has 0 fully saturated rings. The minimum atomic E-state index is -0.370. The van der Waals surface area contributed by atoms with Gasteiger partial charge in [0.15, 0.2) is 0 Å². The van der Waals surface area contributed by atoms with Crippen molar-refractivity contribution in [2.75, 3.05) is 13.6 Å². The van der Waals surface area contributed by atoms with Gasteiger partial charge in [-0.3, -0.25) is 9.69 Å². The van der Waals surface area contributed by atoms with E-state index in [1.807, 2.05) is 57.8 Å². The lowest BCUT2D eigenvalue weighted by molar-refractivity contribution is -0.123. The highest BCUT2D eigenvalue weighted by Gasteiger charge is 2.16. The van der Waals surface area contributed by atoms with E-state index in [0.717, 1.165) is 16.5 Å². The van der Waals surface area contributed by atoms with Gasteiger partial charge in [-0.05, 0) is 51.9 Å². The highest BCUT2D eigenvalue weighted by Crippen LogP contribution is 2.19. The predicted molar refractivity (Wildman–Crippen MR) is 91.5 cm³/mol. The molecule has 1 amide bonds. The largest absolute Gasteiger partial charge is 0.423 e. The highest BCUT2D eigenvalue weighted by atomic mass is 16.4. The summed E-state index contributed by atoms with van der Waals surface area (Å²) in [6, 6.07) is 7.28. The maximum absolute atomic E-state index is 12.0. The molecule has 2 rings (SSSR count). The normalized spacial score (nSPS) is 11.9. The molecule has 1 aromatic carbocycles. The third-order valence-corrected chi connectivity index (χ3v) is 3.35. The second-order valence-corrected chi connectivity index (χ2v) is 7.06. The predicted octanol–water partition coefficient (Wildman–Crippen LogP) is 2.45. The first kappa shape index (κ1) is 17.2. The quantitative estimate of drug-likeness (QED) is 0.880. The molecule has 1 aromatic heterocycles. The molecule has 0 aliphatic rings. The van der Waals surface area contributed by atoms with Crippen LogP contribution in [-0.4, -0.2) is 29.9 Å². The molecule has 5 heteroatoms. The number of amides is 1. The van der Waals surface area contributed by atoms with Gasteiger partial charge in [-0.25, -0.2) is 4.79 Å². The van der Waals surface area contributed by atoms with Crippen molar-refractivity contribution < 1.29 is 9.21 Å². The van der Waals surface area contributed by atoms with Crippen molar-refractivity contribution in [1.82, 2.24) is 10.2 Å². The Morgan fingerprint density at radius 3 is 2.61 bits per heavy atom. The maximum atomic E-state index is 12.0. The lowest BCUT2D eigenvalue weighted by Gasteiger charge is -2.23. The molecule has 5 nitrogen and oxygen atoms in total. The van der Waals surface area contributed by atoms with Gasteiger partial charge < -0.3 is 9.73 Å². The third kappa shape index (κ3) is 4.93. The SMILES string of the molecule is Cc1ccc2c(CN(C)CC(=O)NC(C)(C)C)cc(=O)oc2c1. The van der Waals surface area contributed by atoms with Crippen LogP contribution in [0.3, 0.4) is 0 Å². The van der Waals surface area contributed by atoms with Crippen LogP contribution in [0.1, 0.15) is 31.9 Å². The van der Waals surface area contributed by atoms with E-state index in [0.29, 0.717) is 12.1 Å². The van der Waals surface area contributed by atoms with Crippen LogP contribution in [0.2, 0.25) is 0 Å². The Morgan fingerprint density at radius 2 is 1.96 bits per heavy atom. The molecule has 1 heterocycles. The summed E-state index contributed by atoms with van der Waals surface area (Å²) < 4.78 is 5.26. The highest BCUT2D eigenvalue weighted by molar-refractivity contribution is 5.81. The molecule has 0 saturated carbocycles. The van der Waals surface area contributed by atoms with Crippen molar-refractivity contribution in [3.8, 4) is 0 Å². The minimum Gasteiger partial charge on any atom is -0.423 e. The Labute approximate surface area is 136 Å².